The molecule has 1 aromatic carbocycles. The molecule has 20 heavy (non-hydrogen) atoms. The predicted octanol–water partition coefficient (Wildman–Crippen LogP) is 1.80. The van der Waals surface area contributed by atoms with Crippen LogP contribution in [0.3, 0.4) is 0 Å². The van der Waals surface area contributed by atoms with Gasteiger partial charge in [0.05, 0.1) is 5.54 Å². The van der Waals surface area contributed by atoms with E-state index < -0.39 is 0 Å². The summed E-state index contributed by atoms with van der Waals surface area (Å²) >= 11 is 0. The third-order valence-corrected chi connectivity index (χ3v) is 4.52. The first-order valence-corrected chi connectivity index (χ1v) is 7.09. The predicted molar refractivity (Wildman–Crippen MR) is 77.3 cm³/mol. The normalized spacial score (nSPS) is 20.8. The number of amides is 1. The van der Waals surface area contributed by atoms with Gasteiger partial charge in [-0.2, -0.15) is 0 Å². The largest absolute Gasteiger partial charge is 0.333 e. The second kappa shape index (κ2) is 4.03. The van der Waals surface area contributed by atoms with Crippen LogP contribution in [0.25, 0.3) is 10.8 Å². The molecule has 1 saturated carbocycles. The first-order valence-electron chi connectivity index (χ1n) is 7.09. The minimum absolute atomic E-state index is 0.00326. The summed E-state index contributed by atoms with van der Waals surface area (Å²) in [6.45, 7) is 1.34. The number of fused-ring (bicyclic) bond motifs is 1. The quantitative estimate of drug-likeness (QED) is 0.902. The molecule has 0 spiro atoms. The zero-order valence-electron chi connectivity index (χ0n) is 11.2. The highest BCUT2D eigenvalue weighted by Crippen LogP contribution is 2.43. The molecule has 0 atom stereocenters. The van der Waals surface area contributed by atoms with Crippen LogP contribution in [0.1, 0.15) is 23.3 Å². The molecule has 4 heteroatoms. The molecule has 1 amide bonds. The monoisotopic (exact) mass is 267 g/mol. The average molecular weight is 267 g/mol. The van der Waals surface area contributed by atoms with Crippen molar-refractivity contribution >= 4 is 16.7 Å². The SMILES string of the molecule is NC1(C2CC2)CN(C(=O)c2nccc3ccccc23)C1. The van der Waals surface area contributed by atoms with Crippen LogP contribution in [0.5, 0.6) is 0 Å². The fourth-order valence-electron chi connectivity index (χ4n) is 3.16. The van der Waals surface area contributed by atoms with Crippen molar-refractivity contribution in [3.63, 3.8) is 0 Å². The van der Waals surface area contributed by atoms with Crippen LogP contribution in [0.2, 0.25) is 0 Å². The van der Waals surface area contributed by atoms with Crippen molar-refractivity contribution in [2.24, 2.45) is 11.7 Å². The third-order valence-electron chi connectivity index (χ3n) is 4.52. The first-order chi connectivity index (χ1) is 9.67. The number of benzene rings is 1. The summed E-state index contributed by atoms with van der Waals surface area (Å²) in [5, 5.41) is 1.97. The Kier molecular flexibility index (Phi) is 2.39. The van der Waals surface area contributed by atoms with E-state index in [9.17, 15) is 4.79 Å². The van der Waals surface area contributed by atoms with Gasteiger partial charge in [-0.1, -0.05) is 24.3 Å². The standard InChI is InChI=1S/C16H17N3O/c17-16(12-5-6-12)9-19(10-16)15(20)14-13-4-2-1-3-11(13)7-8-18-14/h1-4,7-8,12H,5-6,9-10,17H2. The smallest absolute Gasteiger partial charge is 0.273 e. The molecule has 1 saturated heterocycles. The van der Waals surface area contributed by atoms with E-state index in [1.54, 1.807) is 6.20 Å². The molecule has 2 aromatic rings. The number of nitrogens with two attached hydrogens (primary N) is 1. The molecule has 2 aliphatic rings. The summed E-state index contributed by atoms with van der Waals surface area (Å²) in [5.74, 6) is 0.621. The lowest BCUT2D eigenvalue weighted by Crippen LogP contribution is -2.69. The molecule has 1 aromatic heterocycles. The molecule has 0 bridgehead atoms. The van der Waals surface area contributed by atoms with E-state index in [0.29, 0.717) is 24.7 Å². The Balaban J connectivity index is 1.62. The van der Waals surface area contributed by atoms with Crippen molar-refractivity contribution in [2.45, 2.75) is 18.4 Å². The van der Waals surface area contributed by atoms with Crippen molar-refractivity contribution in [3.8, 4) is 0 Å². The number of likely N-dealkylation sites (tertiary alicyclic amines) is 1. The van der Waals surface area contributed by atoms with Crippen LogP contribution in [0.4, 0.5) is 0 Å². The number of pyridine rings is 1. The van der Waals surface area contributed by atoms with Gasteiger partial charge in [-0.15, -0.1) is 0 Å². The van der Waals surface area contributed by atoms with Crippen LogP contribution in [-0.2, 0) is 0 Å². The summed E-state index contributed by atoms with van der Waals surface area (Å²) in [7, 11) is 0. The Hall–Kier alpha value is -1.94. The first kappa shape index (κ1) is 11.9. The zero-order chi connectivity index (χ0) is 13.7. The molecule has 0 unspecified atom stereocenters. The van der Waals surface area contributed by atoms with Crippen molar-refractivity contribution in [3.05, 3.63) is 42.2 Å². The highest BCUT2D eigenvalue weighted by atomic mass is 16.2. The molecule has 4 nitrogen and oxygen atoms in total. The van der Waals surface area contributed by atoms with Crippen LogP contribution < -0.4 is 5.73 Å². The highest BCUT2D eigenvalue weighted by molar-refractivity contribution is 6.05. The minimum atomic E-state index is -0.139. The van der Waals surface area contributed by atoms with Crippen molar-refractivity contribution < 1.29 is 4.79 Å². The molecule has 1 aliphatic heterocycles. The van der Waals surface area contributed by atoms with Gasteiger partial charge in [0.25, 0.3) is 5.91 Å². The summed E-state index contributed by atoms with van der Waals surface area (Å²) in [4.78, 5) is 18.7. The number of hydrogen-bond acceptors (Lipinski definition) is 3. The van der Waals surface area contributed by atoms with Gasteiger partial charge < -0.3 is 10.6 Å². The van der Waals surface area contributed by atoms with E-state index >= 15 is 0 Å². The highest BCUT2D eigenvalue weighted by Gasteiger charge is 2.52. The van der Waals surface area contributed by atoms with E-state index in [-0.39, 0.29) is 11.4 Å². The summed E-state index contributed by atoms with van der Waals surface area (Å²) in [6.07, 6.45) is 4.13. The molecule has 2 N–H and O–H groups in total. The molecular formula is C16H17N3O. The van der Waals surface area contributed by atoms with Crippen molar-refractivity contribution in [2.75, 3.05) is 13.1 Å². The Morgan fingerprint density at radius 2 is 2.00 bits per heavy atom. The molecule has 2 heterocycles. The maximum absolute atomic E-state index is 12.6. The maximum Gasteiger partial charge on any atom is 0.273 e. The zero-order valence-corrected chi connectivity index (χ0v) is 11.2. The van der Waals surface area contributed by atoms with Gasteiger partial charge in [0.15, 0.2) is 0 Å². The fraction of sp³-hybridized carbons (Fsp3) is 0.375. The molecule has 2 fully saturated rings. The van der Waals surface area contributed by atoms with Gasteiger partial charge in [-0.05, 0) is 30.2 Å². The molecule has 102 valence electrons. The van der Waals surface area contributed by atoms with Crippen LogP contribution >= 0.6 is 0 Å². The van der Waals surface area contributed by atoms with Gasteiger partial charge in [0.1, 0.15) is 5.69 Å². The fourth-order valence-corrected chi connectivity index (χ4v) is 3.16. The summed E-state index contributed by atoms with van der Waals surface area (Å²) in [6, 6.07) is 9.79. The summed E-state index contributed by atoms with van der Waals surface area (Å²) in [5.41, 5.74) is 6.72. The molecular weight excluding hydrogens is 250 g/mol. The van der Waals surface area contributed by atoms with Crippen molar-refractivity contribution in [1.29, 1.82) is 0 Å². The van der Waals surface area contributed by atoms with E-state index in [1.807, 2.05) is 35.2 Å². The summed E-state index contributed by atoms with van der Waals surface area (Å²) < 4.78 is 0. The topological polar surface area (TPSA) is 59.2 Å². The van der Waals surface area contributed by atoms with E-state index in [1.165, 1.54) is 12.8 Å². The van der Waals surface area contributed by atoms with E-state index in [0.717, 1.165) is 10.8 Å². The molecule has 1 aliphatic carbocycles. The van der Waals surface area contributed by atoms with Crippen LogP contribution in [0.15, 0.2) is 36.5 Å². The number of carbonyl (C=O) groups excluding carboxylic acids is 1. The Morgan fingerprint density at radius 1 is 1.25 bits per heavy atom. The maximum atomic E-state index is 12.6. The second-order valence-electron chi connectivity index (χ2n) is 6.05. The number of carbonyl (C=O) groups is 1. The number of aromatic nitrogens is 1. The number of hydrogen-bond donors (Lipinski definition) is 1. The lowest BCUT2D eigenvalue weighted by molar-refractivity contribution is 0.0347. The van der Waals surface area contributed by atoms with Crippen LogP contribution in [-0.4, -0.2) is 34.4 Å². The minimum Gasteiger partial charge on any atom is -0.333 e. The van der Waals surface area contributed by atoms with Gasteiger partial charge in [0, 0.05) is 24.7 Å². The number of nitrogens with zero attached hydrogens (tertiary/aromatic N) is 2. The van der Waals surface area contributed by atoms with Crippen molar-refractivity contribution in [1.82, 2.24) is 9.88 Å². The van der Waals surface area contributed by atoms with Gasteiger partial charge in [0.2, 0.25) is 0 Å². The Morgan fingerprint density at radius 3 is 2.75 bits per heavy atom. The average Bonchev–Trinajstić information content (AvgIpc) is 3.27. The number of rotatable bonds is 2. The Bertz CT molecular complexity index is 682. The van der Waals surface area contributed by atoms with Gasteiger partial charge >= 0.3 is 0 Å². The van der Waals surface area contributed by atoms with E-state index in [2.05, 4.69) is 4.98 Å². The lowest BCUT2D eigenvalue weighted by Gasteiger charge is -2.48. The Labute approximate surface area is 117 Å². The lowest BCUT2D eigenvalue weighted by atomic mass is 9.85. The molecule has 4 rings (SSSR count). The molecule has 0 radical (unpaired) electrons. The van der Waals surface area contributed by atoms with Gasteiger partial charge in [-0.3, -0.25) is 9.78 Å². The third kappa shape index (κ3) is 1.72. The van der Waals surface area contributed by atoms with Gasteiger partial charge in [-0.25, -0.2) is 0 Å². The van der Waals surface area contributed by atoms with Crippen LogP contribution in [0, 0.1) is 5.92 Å². The second-order valence-corrected chi connectivity index (χ2v) is 6.05. The van der Waals surface area contributed by atoms with E-state index in [4.69, 9.17) is 5.73 Å².